The lowest BCUT2D eigenvalue weighted by Gasteiger charge is -2.38. The fourth-order valence-electron chi connectivity index (χ4n) is 3.05. The van der Waals surface area contributed by atoms with E-state index < -0.39 is 5.41 Å². The molecule has 108 valence electrons. The van der Waals surface area contributed by atoms with Crippen LogP contribution < -0.4 is 5.32 Å². The van der Waals surface area contributed by atoms with Gasteiger partial charge in [0.1, 0.15) is 0 Å². The lowest BCUT2D eigenvalue weighted by atomic mass is 9.68. The monoisotopic (exact) mass is 274 g/mol. The number of hydrogen-bond donors (Lipinski definition) is 1. The molecular formula is C16H22N2O2. The van der Waals surface area contributed by atoms with Crippen LogP contribution >= 0.6 is 0 Å². The second-order valence-corrected chi connectivity index (χ2v) is 5.53. The zero-order valence-electron chi connectivity index (χ0n) is 12.2. The van der Waals surface area contributed by atoms with Crippen molar-refractivity contribution in [1.29, 1.82) is 0 Å². The Hall–Kier alpha value is -1.71. The first-order chi connectivity index (χ1) is 9.64. The highest BCUT2D eigenvalue weighted by atomic mass is 16.2. The Labute approximate surface area is 120 Å². The SMILES string of the molecule is CCCC[C@H]1C[C@](CC)(c2ccncc2)C(=O)NC1=O. The van der Waals surface area contributed by atoms with E-state index in [1.807, 2.05) is 19.1 Å². The molecule has 2 heterocycles. The van der Waals surface area contributed by atoms with Gasteiger partial charge in [-0.15, -0.1) is 0 Å². The molecule has 0 radical (unpaired) electrons. The maximum atomic E-state index is 12.4. The number of pyridine rings is 1. The summed E-state index contributed by atoms with van der Waals surface area (Å²) in [4.78, 5) is 28.4. The van der Waals surface area contributed by atoms with Crippen LogP contribution in [0.3, 0.4) is 0 Å². The molecule has 1 aromatic rings. The van der Waals surface area contributed by atoms with Crippen molar-refractivity contribution in [2.75, 3.05) is 0 Å². The van der Waals surface area contributed by atoms with E-state index in [9.17, 15) is 9.59 Å². The third kappa shape index (κ3) is 2.60. The third-order valence-electron chi connectivity index (χ3n) is 4.38. The van der Waals surface area contributed by atoms with Crippen LogP contribution in [0.1, 0.15) is 51.5 Å². The van der Waals surface area contributed by atoms with Gasteiger partial charge in [0.25, 0.3) is 0 Å². The number of rotatable bonds is 5. The summed E-state index contributed by atoms with van der Waals surface area (Å²) in [5.41, 5.74) is 0.372. The molecule has 1 fully saturated rings. The van der Waals surface area contributed by atoms with Gasteiger partial charge in [0.2, 0.25) is 11.8 Å². The lowest BCUT2D eigenvalue weighted by Crippen LogP contribution is -2.55. The molecule has 1 aliphatic heterocycles. The van der Waals surface area contributed by atoms with E-state index in [0.717, 1.165) is 24.8 Å². The molecule has 2 rings (SSSR count). The fraction of sp³-hybridized carbons (Fsp3) is 0.562. The van der Waals surface area contributed by atoms with Crippen molar-refractivity contribution >= 4 is 11.8 Å². The van der Waals surface area contributed by atoms with Crippen LogP contribution in [-0.4, -0.2) is 16.8 Å². The normalized spacial score (nSPS) is 26.4. The Morgan fingerprint density at radius 2 is 2.00 bits per heavy atom. The molecule has 1 aliphatic rings. The van der Waals surface area contributed by atoms with Crippen molar-refractivity contribution < 1.29 is 9.59 Å². The quantitative estimate of drug-likeness (QED) is 0.840. The summed E-state index contributed by atoms with van der Waals surface area (Å²) < 4.78 is 0. The van der Waals surface area contributed by atoms with Gasteiger partial charge in [-0.1, -0.05) is 26.7 Å². The first-order valence-electron chi connectivity index (χ1n) is 7.40. The van der Waals surface area contributed by atoms with Crippen LogP contribution in [0.5, 0.6) is 0 Å². The molecule has 1 saturated heterocycles. The number of amides is 2. The maximum absolute atomic E-state index is 12.4. The smallest absolute Gasteiger partial charge is 0.237 e. The molecule has 0 aliphatic carbocycles. The molecule has 1 aromatic heterocycles. The van der Waals surface area contributed by atoms with E-state index in [-0.39, 0.29) is 17.7 Å². The number of carbonyl (C=O) groups excluding carboxylic acids is 2. The number of imide groups is 1. The minimum absolute atomic E-state index is 0.0687. The number of unbranched alkanes of at least 4 members (excludes halogenated alkanes) is 1. The van der Waals surface area contributed by atoms with Crippen LogP contribution in [0.25, 0.3) is 0 Å². The highest BCUT2D eigenvalue weighted by Gasteiger charge is 2.46. The van der Waals surface area contributed by atoms with Gasteiger partial charge in [-0.2, -0.15) is 0 Å². The Balaban J connectivity index is 2.31. The average Bonchev–Trinajstić information content (AvgIpc) is 2.48. The van der Waals surface area contributed by atoms with Gasteiger partial charge in [-0.3, -0.25) is 19.9 Å². The summed E-state index contributed by atoms with van der Waals surface area (Å²) in [7, 11) is 0. The van der Waals surface area contributed by atoms with Crippen molar-refractivity contribution in [3.63, 3.8) is 0 Å². The number of nitrogens with one attached hydrogen (secondary N) is 1. The molecule has 1 N–H and O–H groups in total. The van der Waals surface area contributed by atoms with Gasteiger partial charge in [-0.05, 0) is 37.0 Å². The number of nitrogens with zero attached hydrogens (tertiary/aromatic N) is 1. The number of piperidine rings is 1. The van der Waals surface area contributed by atoms with Gasteiger partial charge in [0, 0.05) is 18.3 Å². The molecule has 2 amide bonds. The summed E-state index contributed by atoms with van der Waals surface area (Å²) in [6.07, 6.45) is 7.64. The van der Waals surface area contributed by atoms with Crippen molar-refractivity contribution in [3.8, 4) is 0 Å². The Kier molecular flexibility index (Phi) is 4.53. The third-order valence-corrected chi connectivity index (χ3v) is 4.38. The predicted molar refractivity (Wildman–Crippen MR) is 77.0 cm³/mol. The lowest BCUT2D eigenvalue weighted by molar-refractivity contribution is -0.141. The van der Waals surface area contributed by atoms with Crippen LogP contribution in [0.15, 0.2) is 24.5 Å². The minimum Gasteiger partial charge on any atom is -0.295 e. The molecular weight excluding hydrogens is 252 g/mol. The Bertz CT molecular complexity index is 487. The molecule has 2 atom stereocenters. The molecule has 0 saturated carbocycles. The largest absolute Gasteiger partial charge is 0.295 e. The second-order valence-electron chi connectivity index (χ2n) is 5.53. The van der Waals surface area contributed by atoms with Crippen LogP contribution in [-0.2, 0) is 15.0 Å². The molecule has 4 heteroatoms. The van der Waals surface area contributed by atoms with E-state index in [1.165, 1.54) is 0 Å². The number of aromatic nitrogens is 1. The summed E-state index contributed by atoms with van der Waals surface area (Å²) >= 11 is 0. The number of carbonyl (C=O) groups is 2. The van der Waals surface area contributed by atoms with Crippen molar-refractivity contribution in [3.05, 3.63) is 30.1 Å². The molecule has 0 aromatic carbocycles. The summed E-state index contributed by atoms with van der Waals surface area (Å²) in [5, 5.41) is 2.58. The van der Waals surface area contributed by atoms with Crippen LogP contribution in [0.2, 0.25) is 0 Å². The molecule has 4 nitrogen and oxygen atoms in total. The van der Waals surface area contributed by atoms with Gasteiger partial charge in [-0.25, -0.2) is 0 Å². The number of hydrogen-bond acceptors (Lipinski definition) is 3. The predicted octanol–water partition coefficient (Wildman–Crippen LogP) is 2.58. The minimum atomic E-state index is -0.588. The van der Waals surface area contributed by atoms with Gasteiger partial charge < -0.3 is 0 Å². The molecule has 0 spiro atoms. The van der Waals surface area contributed by atoms with Crippen molar-refractivity contribution in [2.24, 2.45) is 5.92 Å². The van der Waals surface area contributed by atoms with Crippen molar-refractivity contribution in [1.82, 2.24) is 10.3 Å². The van der Waals surface area contributed by atoms with Gasteiger partial charge in [0.15, 0.2) is 0 Å². The zero-order chi connectivity index (χ0) is 14.6. The summed E-state index contributed by atoms with van der Waals surface area (Å²) in [5.74, 6) is -0.341. The van der Waals surface area contributed by atoms with E-state index in [4.69, 9.17) is 0 Å². The van der Waals surface area contributed by atoms with E-state index in [1.54, 1.807) is 12.4 Å². The average molecular weight is 274 g/mol. The van der Waals surface area contributed by atoms with Gasteiger partial charge in [0.05, 0.1) is 5.41 Å². The first kappa shape index (κ1) is 14.7. The molecule has 0 unspecified atom stereocenters. The van der Waals surface area contributed by atoms with Crippen LogP contribution in [0, 0.1) is 5.92 Å². The highest BCUT2D eigenvalue weighted by Crippen LogP contribution is 2.39. The maximum Gasteiger partial charge on any atom is 0.237 e. The first-order valence-corrected chi connectivity index (χ1v) is 7.40. The topological polar surface area (TPSA) is 59.1 Å². The Morgan fingerprint density at radius 1 is 1.30 bits per heavy atom. The van der Waals surface area contributed by atoms with Crippen LogP contribution in [0.4, 0.5) is 0 Å². The highest BCUT2D eigenvalue weighted by molar-refractivity contribution is 6.04. The fourth-order valence-corrected chi connectivity index (χ4v) is 3.05. The van der Waals surface area contributed by atoms with Gasteiger partial charge >= 0.3 is 0 Å². The molecule has 20 heavy (non-hydrogen) atoms. The van der Waals surface area contributed by atoms with E-state index in [2.05, 4.69) is 17.2 Å². The van der Waals surface area contributed by atoms with E-state index in [0.29, 0.717) is 12.8 Å². The van der Waals surface area contributed by atoms with Crippen molar-refractivity contribution in [2.45, 2.75) is 51.4 Å². The zero-order valence-corrected chi connectivity index (χ0v) is 12.2. The standard InChI is InChI=1S/C16H22N2O2/c1-3-5-6-12-11-16(4-2,15(20)18-14(12)19)13-7-9-17-10-8-13/h7-10,12H,3-6,11H2,1-2H3,(H,18,19,20)/t12-,16+/m0/s1. The molecule has 0 bridgehead atoms. The Morgan fingerprint density at radius 3 is 2.60 bits per heavy atom. The summed E-state index contributed by atoms with van der Waals surface area (Å²) in [6, 6.07) is 3.77. The summed E-state index contributed by atoms with van der Waals surface area (Å²) in [6.45, 7) is 4.12. The second kappa shape index (κ2) is 6.16. The van der Waals surface area contributed by atoms with E-state index >= 15 is 0 Å².